The molecule has 0 bridgehead atoms. The van der Waals surface area contributed by atoms with E-state index in [9.17, 15) is 9.59 Å². The number of aromatic nitrogens is 1. The lowest BCUT2D eigenvalue weighted by atomic mass is 10.2. The fraction of sp³-hybridized carbons (Fsp3) is 0.500. The molecule has 0 aliphatic heterocycles. The van der Waals surface area contributed by atoms with Gasteiger partial charge in [-0.3, -0.25) is 9.59 Å². The third-order valence-corrected chi connectivity index (χ3v) is 2.79. The monoisotopic (exact) mass is 222 g/mol. The SMILES string of the molecule is CCN(CC)C(=O)c1cc(=O)cc(C)n1C. The second kappa shape index (κ2) is 4.96. The number of amides is 1. The van der Waals surface area contributed by atoms with Crippen LogP contribution >= 0.6 is 0 Å². The summed E-state index contributed by atoms with van der Waals surface area (Å²) in [4.78, 5) is 25.2. The number of hydrogen-bond donors (Lipinski definition) is 0. The molecule has 1 amide bonds. The van der Waals surface area contributed by atoms with Crippen LogP contribution in [0.5, 0.6) is 0 Å². The summed E-state index contributed by atoms with van der Waals surface area (Å²) in [7, 11) is 1.80. The highest BCUT2D eigenvalue weighted by molar-refractivity contribution is 5.92. The highest BCUT2D eigenvalue weighted by atomic mass is 16.2. The lowest BCUT2D eigenvalue weighted by Gasteiger charge is -2.20. The van der Waals surface area contributed by atoms with E-state index in [0.717, 1.165) is 5.69 Å². The maximum absolute atomic E-state index is 12.1. The number of rotatable bonds is 3. The molecule has 1 aromatic rings. The van der Waals surface area contributed by atoms with Gasteiger partial charge in [0.2, 0.25) is 0 Å². The van der Waals surface area contributed by atoms with E-state index >= 15 is 0 Å². The molecular weight excluding hydrogens is 204 g/mol. The van der Waals surface area contributed by atoms with E-state index in [4.69, 9.17) is 0 Å². The topological polar surface area (TPSA) is 42.3 Å². The van der Waals surface area contributed by atoms with Crippen molar-refractivity contribution in [2.45, 2.75) is 20.8 Å². The summed E-state index contributed by atoms with van der Waals surface area (Å²) in [6.07, 6.45) is 0. The molecule has 0 N–H and O–H groups in total. The second-order valence-electron chi connectivity index (χ2n) is 3.75. The largest absolute Gasteiger partial charge is 0.344 e. The van der Waals surface area contributed by atoms with Crippen LogP contribution in [0, 0.1) is 6.92 Å². The smallest absolute Gasteiger partial charge is 0.270 e. The molecule has 0 saturated carbocycles. The summed E-state index contributed by atoms with van der Waals surface area (Å²) < 4.78 is 1.75. The van der Waals surface area contributed by atoms with Gasteiger partial charge in [-0.05, 0) is 20.8 Å². The van der Waals surface area contributed by atoms with E-state index in [1.165, 1.54) is 12.1 Å². The van der Waals surface area contributed by atoms with E-state index in [2.05, 4.69) is 0 Å². The predicted molar refractivity (Wildman–Crippen MR) is 63.7 cm³/mol. The summed E-state index contributed by atoms with van der Waals surface area (Å²) in [5.74, 6) is -0.0895. The summed E-state index contributed by atoms with van der Waals surface area (Å²) in [6.45, 7) is 6.97. The summed E-state index contributed by atoms with van der Waals surface area (Å²) in [5.41, 5.74) is 1.13. The summed E-state index contributed by atoms with van der Waals surface area (Å²) in [6, 6.07) is 2.92. The standard InChI is InChI=1S/C12H18N2O2/c1-5-14(6-2)12(16)11-8-10(15)7-9(3)13(11)4/h7-8H,5-6H2,1-4H3. The van der Waals surface area contributed by atoms with Crippen molar-refractivity contribution in [2.75, 3.05) is 13.1 Å². The quantitative estimate of drug-likeness (QED) is 0.770. The average Bonchev–Trinajstić information content (AvgIpc) is 2.24. The third-order valence-electron chi connectivity index (χ3n) is 2.79. The summed E-state index contributed by atoms with van der Waals surface area (Å²) >= 11 is 0. The normalized spacial score (nSPS) is 10.2. The molecule has 0 radical (unpaired) electrons. The fourth-order valence-corrected chi connectivity index (χ4v) is 1.64. The van der Waals surface area contributed by atoms with Crippen LogP contribution in [0.15, 0.2) is 16.9 Å². The van der Waals surface area contributed by atoms with E-state index < -0.39 is 0 Å². The molecule has 0 atom stereocenters. The molecule has 16 heavy (non-hydrogen) atoms. The molecule has 0 aliphatic carbocycles. The molecular formula is C12H18N2O2. The number of nitrogens with zero attached hydrogens (tertiary/aromatic N) is 2. The van der Waals surface area contributed by atoms with Gasteiger partial charge >= 0.3 is 0 Å². The first kappa shape index (κ1) is 12.5. The molecule has 88 valence electrons. The van der Waals surface area contributed by atoms with E-state index in [-0.39, 0.29) is 11.3 Å². The number of aryl methyl sites for hydroxylation is 1. The number of pyridine rings is 1. The van der Waals surface area contributed by atoms with Crippen molar-refractivity contribution in [3.8, 4) is 0 Å². The first-order chi connectivity index (χ1) is 7.51. The maximum atomic E-state index is 12.1. The first-order valence-corrected chi connectivity index (χ1v) is 5.48. The molecule has 1 heterocycles. The lowest BCUT2D eigenvalue weighted by molar-refractivity contribution is 0.0762. The van der Waals surface area contributed by atoms with Crippen molar-refractivity contribution in [3.05, 3.63) is 33.7 Å². The van der Waals surface area contributed by atoms with Gasteiger partial charge in [-0.15, -0.1) is 0 Å². The Hall–Kier alpha value is -1.58. The average molecular weight is 222 g/mol. The Morgan fingerprint density at radius 1 is 1.31 bits per heavy atom. The molecule has 1 aromatic heterocycles. The predicted octanol–water partition coefficient (Wildman–Crippen LogP) is 1.18. The van der Waals surface area contributed by atoms with Crippen molar-refractivity contribution in [1.29, 1.82) is 0 Å². The highest BCUT2D eigenvalue weighted by Crippen LogP contribution is 2.04. The Morgan fingerprint density at radius 2 is 1.88 bits per heavy atom. The zero-order valence-corrected chi connectivity index (χ0v) is 10.3. The highest BCUT2D eigenvalue weighted by Gasteiger charge is 2.15. The van der Waals surface area contributed by atoms with Crippen molar-refractivity contribution in [3.63, 3.8) is 0 Å². The number of hydrogen-bond acceptors (Lipinski definition) is 2. The zero-order chi connectivity index (χ0) is 12.3. The molecule has 1 rings (SSSR count). The molecule has 0 unspecified atom stereocenters. The van der Waals surface area contributed by atoms with Gasteiger partial charge < -0.3 is 9.47 Å². The maximum Gasteiger partial charge on any atom is 0.270 e. The van der Waals surface area contributed by atoms with Gasteiger partial charge in [-0.25, -0.2) is 0 Å². The molecule has 0 spiro atoms. The van der Waals surface area contributed by atoms with Crippen LogP contribution in [-0.4, -0.2) is 28.5 Å². The van der Waals surface area contributed by atoms with Crippen molar-refractivity contribution in [1.82, 2.24) is 9.47 Å². The molecule has 0 fully saturated rings. The van der Waals surface area contributed by atoms with Crippen LogP contribution in [0.1, 0.15) is 30.0 Å². The molecule has 4 nitrogen and oxygen atoms in total. The van der Waals surface area contributed by atoms with Gasteiger partial charge in [-0.1, -0.05) is 0 Å². The minimum Gasteiger partial charge on any atom is -0.344 e. The van der Waals surface area contributed by atoms with E-state index in [1.54, 1.807) is 16.5 Å². The minimum absolute atomic E-state index is 0.0895. The zero-order valence-electron chi connectivity index (χ0n) is 10.3. The molecule has 0 saturated heterocycles. The summed E-state index contributed by atoms with van der Waals surface area (Å²) in [5, 5.41) is 0. The van der Waals surface area contributed by atoms with Crippen molar-refractivity contribution < 1.29 is 4.79 Å². The van der Waals surface area contributed by atoms with Crippen LogP contribution in [0.25, 0.3) is 0 Å². The van der Waals surface area contributed by atoms with Crippen LogP contribution in [-0.2, 0) is 7.05 Å². The van der Waals surface area contributed by atoms with Crippen LogP contribution in [0.4, 0.5) is 0 Å². The van der Waals surface area contributed by atoms with E-state index in [1.807, 2.05) is 20.8 Å². The number of carbonyl (C=O) groups excluding carboxylic acids is 1. The van der Waals surface area contributed by atoms with Crippen LogP contribution < -0.4 is 5.43 Å². The Balaban J connectivity index is 3.23. The van der Waals surface area contributed by atoms with Gasteiger partial charge in [0.05, 0.1) is 0 Å². The molecule has 0 aliphatic rings. The van der Waals surface area contributed by atoms with Gasteiger partial charge in [0.1, 0.15) is 5.69 Å². The van der Waals surface area contributed by atoms with Gasteiger partial charge in [0.15, 0.2) is 5.43 Å². The Morgan fingerprint density at radius 3 is 2.38 bits per heavy atom. The van der Waals surface area contributed by atoms with Gasteiger partial charge in [-0.2, -0.15) is 0 Å². The van der Waals surface area contributed by atoms with E-state index in [0.29, 0.717) is 18.8 Å². The molecule has 4 heteroatoms. The Kier molecular flexibility index (Phi) is 3.88. The third kappa shape index (κ3) is 2.32. The second-order valence-corrected chi connectivity index (χ2v) is 3.75. The number of carbonyl (C=O) groups is 1. The first-order valence-electron chi connectivity index (χ1n) is 5.48. The van der Waals surface area contributed by atoms with Crippen molar-refractivity contribution >= 4 is 5.91 Å². The van der Waals surface area contributed by atoms with Crippen LogP contribution in [0.2, 0.25) is 0 Å². The van der Waals surface area contributed by atoms with Crippen molar-refractivity contribution in [2.24, 2.45) is 7.05 Å². The fourth-order valence-electron chi connectivity index (χ4n) is 1.64. The van der Waals surface area contributed by atoms with Gasteiger partial charge in [0, 0.05) is 38.0 Å². The Bertz CT molecular complexity index is 445. The Labute approximate surface area is 95.5 Å². The lowest BCUT2D eigenvalue weighted by Crippen LogP contribution is -2.33. The minimum atomic E-state index is -0.119. The van der Waals surface area contributed by atoms with Crippen LogP contribution in [0.3, 0.4) is 0 Å². The molecule has 0 aromatic carbocycles. The van der Waals surface area contributed by atoms with Gasteiger partial charge in [0.25, 0.3) is 5.91 Å².